The maximum Gasteiger partial charge on any atom is 0.262 e. The first-order chi connectivity index (χ1) is 14.9. The van der Waals surface area contributed by atoms with Crippen LogP contribution in [0.5, 0.6) is 5.75 Å². The minimum Gasteiger partial charge on any atom is -0.494 e. The summed E-state index contributed by atoms with van der Waals surface area (Å²) in [6, 6.07) is 5.61. The molecule has 166 valence electrons. The van der Waals surface area contributed by atoms with Gasteiger partial charge in [0.25, 0.3) is 10.0 Å². The highest BCUT2D eigenvalue weighted by Crippen LogP contribution is 2.30. The molecule has 0 radical (unpaired) electrons. The van der Waals surface area contributed by atoms with E-state index in [1.807, 2.05) is 32.0 Å². The molecule has 0 aliphatic carbocycles. The Hall–Kier alpha value is -2.50. The second-order valence-electron chi connectivity index (χ2n) is 7.32. The molecule has 4 rings (SSSR count). The van der Waals surface area contributed by atoms with Gasteiger partial charge in [-0.2, -0.15) is 4.31 Å². The van der Waals surface area contributed by atoms with Gasteiger partial charge in [0.2, 0.25) is 5.91 Å². The van der Waals surface area contributed by atoms with E-state index in [-0.39, 0.29) is 17.5 Å². The third-order valence-electron chi connectivity index (χ3n) is 5.23. The second-order valence-corrected chi connectivity index (χ2v) is 10.2. The van der Waals surface area contributed by atoms with E-state index in [9.17, 15) is 13.2 Å². The smallest absolute Gasteiger partial charge is 0.262 e. The normalized spacial score (nSPS) is 17.7. The quantitative estimate of drug-likeness (QED) is 0.577. The minimum absolute atomic E-state index is 0.0201. The number of anilines is 1. The molecule has 2 aromatic heterocycles. The number of piperidine rings is 1. The molecule has 1 aromatic carbocycles. The number of carbonyl (C=O) groups excluding carboxylic acids is 1. The number of nitrogens with zero attached hydrogens (tertiary/aromatic N) is 4. The van der Waals surface area contributed by atoms with Gasteiger partial charge in [-0.1, -0.05) is 11.3 Å². The number of imidazole rings is 1. The lowest BCUT2D eigenvalue weighted by Crippen LogP contribution is -2.43. The number of hydrogen-bond acceptors (Lipinski definition) is 7. The number of hydrogen-bond donors (Lipinski definition) is 1. The van der Waals surface area contributed by atoms with E-state index in [0.29, 0.717) is 37.7 Å². The highest BCUT2D eigenvalue weighted by atomic mass is 32.2. The van der Waals surface area contributed by atoms with Gasteiger partial charge in [0, 0.05) is 25.8 Å². The molecule has 1 amide bonds. The van der Waals surface area contributed by atoms with Crippen molar-refractivity contribution in [3.63, 3.8) is 0 Å². The van der Waals surface area contributed by atoms with Crippen LogP contribution in [0.15, 0.2) is 35.7 Å². The van der Waals surface area contributed by atoms with Crippen LogP contribution in [0.3, 0.4) is 0 Å². The van der Waals surface area contributed by atoms with Gasteiger partial charge >= 0.3 is 0 Å². The summed E-state index contributed by atoms with van der Waals surface area (Å²) < 4.78 is 35.4. The van der Waals surface area contributed by atoms with E-state index in [0.717, 1.165) is 16.0 Å². The zero-order valence-electron chi connectivity index (χ0n) is 17.4. The Morgan fingerprint density at radius 2 is 2.19 bits per heavy atom. The summed E-state index contributed by atoms with van der Waals surface area (Å²) in [5.74, 6) is 0.0982. The topological polar surface area (TPSA) is 106 Å². The number of fused-ring (bicyclic) bond motifs is 1. The lowest BCUT2D eigenvalue weighted by molar-refractivity contribution is -0.120. The van der Waals surface area contributed by atoms with Gasteiger partial charge in [-0.05, 0) is 44.9 Å². The summed E-state index contributed by atoms with van der Waals surface area (Å²) in [6.45, 7) is 5.57. The molecule has 1 aliphatic rings. The summed E-state index contributed by atoms with van der Waals surface area (Å²) in [6.07, 6.45) is 4.27. The SMILES string of the molecule is CCOc1ccc2nc(NC(=O)[C@@H]3CCCN(S(=O)(=O)c4cn(CC)cn4)C3)sc2c1. The van der Waals surface area contributed by atoms with Gasteiger partial charge in [-0.3, -0.25) is 4.79 Å². The molecule has 11 heteroatoms. The zero-order valence-corrected chi connectivity index (χ0v) is 19.1. The van der Waals surface area contributed by atoms with Crippen LogP contribution in [-0.4, -0.2) is 52.9 Å². The van der Waals surface area contributed by atoms with Crippen molar-refractivity contribution in [1.82, 2.24) is 18.8 Å². The lowest BCUT2D eigenvalue weighted by Gasteiger charge is -2.30. The fourth-order valence-corrected chi connectivity index (χ4v) is 5.93. The Bertz CT molecular complexity index is 1190. The molecule has 0 saturated carbocycles. The summed E-state index contributed by atoms with van der Waals surface area (Å²) >= 11 is 1.37. The van der Waals surface area contributed by atoms with E-state index in [4.69, 9.17) is 4.74 Å². The van der Waals surface area contributed by atoms with Crippen molar-refractivity contribution in [2.75, 3.05) is 25.0 Å². The first-order valence-electron chi connectivity index (χ1n) is 10.3. The van der Waals surface area contributed by atoms with Crippen LogP contribution in [0.2, 0.25) is 0 Å². The second kappa shape index (κ2) is 8.93. The van der Waals surface area contributed by atoms with Gasteiger partial charge in [-0.15, -0.1) is 0 Å². The van der Waals surface area contributed by atoms with Gasteiger partial charge in [0.15, 0.2) is 10.2 Å². The molecule has 3 heterocycles. The van der Waals surface area contributed by atoms with Crippen LogP contribution in [0.25, 0.3) is 10.2 Å². The third kappa shape index (κ3) is 4.58. The molecular weight excluding hydrogens is 438 g/mol. The highest BCUT2D eigenvalue weighted by Gasteiger charge is 2.34. The van der Waals surface area contributed by atoms with Gasteiger partial charge in [0.1, 0.15) is 5.75 Å². The number of aromatic nitrogens is 3. The molecule has 0 spiro atoms. The molecule has 0 unspecified atom stereocenters. The number of benzene rings is 1. The Balaban J connectivity index is 1.45. The molecule has 31 heavy (non-hydrogen) atoms. The Labute approximate surface area is 185 Å². The zero-order chi connectivity index (χ0) is 22.0. The molecular formula is C20H25N5O4S2. The highest BCUT2D eigenvalue weighted by molar-refractivity contribution is 7.89. The lowest BCUT2D eigenvalue weighted by atomic mass is 9.99. The number of ether oxygens (including phenoxy) is 1. The average Bonchev–Trinajstić information content (AvgIpc) is 3.40. The number of nitrogens with one attached hydrogen (secondary N) is 1. The van der Waals surface area contributed by atoms with E-state index >= 15 is 0 Å². The fourth-order valence-electron chi connectivity index (χ4n) is 3.58. The largest absolute Gasteiger partial charge is 0.494 e. The van der Waals surface area contributed by atoms with E-state index in [1.165, 1.54) is 28.2 Å². The van der Waals surface area contributed by atoms with Gasteiger partial charge in [-0.25, -0.2) is 18.4 Å². The predicted octanol–water partition coefficient (Wildman–Crippen LogP) is 2.95. The van der Waals surface area contributed by atoms with E-state index < -0.39 is 15.9 Å². The third-order valence-corrected chi connectivity index (χ3v) is 7.92. The van der Waals surface area contributed by atoms with Crippen molar-refractivity contribution in [3.8, 4) is 5.75 Å². The van der Waals surface area contributed by atoms with Crippen LogP contribution in [0.1, 0.15) is 26.7 Å². The Kier molecular flexibility index (Phi) is 6.26. The summed E-state index contributed by atoms with van der Waals surface area (Å²) in [5.41, 5.74) is 0.781. The molecule has 3 aromatic rings. The van der Waals surface area contributed by atoms with Crippen molar-refractivity contribution in [1.29, 1.82) is 0 Å². The van der Waals surface area contributed by atoms with Crippen LogP contribution in [-0.2, 0) is 21.4 Å². The number of carbonyl (C=O) groups is 1. The van der Waals surface area contributed by atoms with Crippen molar-refractivity contribution < 1.29 is 17.9 Å². The number of amides is 1. The van der Waals surface area contributed by atoms with Crippen molar-refractivity contribution >= 4 is 42.6 Å². The number of thiazole rings is 1. The average molecular weight is 464 g/mol. The summed E-state index contributed by atoms with van der Waals surface area (Å²) in [4.78, 5) is 21.4. The maximum absolute atomic E-state index is 12.9. The van der Waals surface area contributed by atoms with Gasteiger partial charge < -0.3 is 14.6 Å². The molecule has 1 aliphatic heterocycles. The van der Waals surface area contributed by atoms with Crippen LogP contribution in [0.4, 0.5) is 5.13 Å². The molecule has 0 bridgehead atoms. The van der Waals surface area contributed by atoms with Crippen molar-refractivity contribution in [2.24, 2.45) is 5.92 Å². The first-order valence-corrected chi connectivity index (χ1v) is 12.5. The Morgan fingerprint density at radius 3 is 2.94 bits per heavy atom. The van der Waals surface area contributed by atoms with Crippen LogP contribution in [0, 0.1) is 5.92 Å². The standard InChI is InChI=1S/C20H25N5O4S2/c1-3-24-12-18(21-13-24)31(27,28)25-9-5-6-14(11-25)19(26)23-20-22-16-8-7-15(29-4-2)10-17(16)30-20/h7-8,10,12-14H,3-6,9,11H2,1-2H3,(H,22,23,26)/t14-/m1/s1. The summed E-state index contributed by atoms with van der Waals surface area (Å²) in [5, 5.41) is 3.38. The molecule has 1 N–H and O–H groups in total. The van der Waals surface area contributed by atoms with Crippen molar-refractivity contribution in [2.45, 2.75) is 38.3 Å². The molecule has 1 fully saturated rings. The molecule has 1 saturated heterocycles. The van der Waals surface area contributed by atoms with E-state index in [2.05, 4.69) is 15.3 Å². The van der Waals surface area contributed by atoms with Crippen LogP contribution < -0.4 is 10.1 Å². The molecule has 1 atom stereocenters. The fraction of sp³-hybridized carbons (Fsp3) is 0.450. The molecule has 9 nitrogen and oxygen atoms in total. The maximum atomic E-state index is 12.9. The van der Waals surface area contributed by atoms with Crippen molar-refractivity contribution in [3.05, 3.63) is 30.7 Å². The number of aryl methyl sites for hydroxylation is 1. The number of rotatable bonds is 7. The number of sulfonamides is 1. The van der Waals surface area contributed by atoms with Gasteiger partial charge in [0.05, 0.1) is 29.1 Å². The Morgan fingerprint density at radius 1 is 1.35 bits per heavy atom. The van der Waals surface area contributed by atoms with Crippen LogP contribution >= 0.6 is 11.3 Å². The minimum atomic E-state index is -3.73. The predicted molar refractivity (Wildman–Crippen MR) is 119 cm³/mol. The van der Waals surface area contributed by atoms with E-state index in [1.54, 1.807) is 4.57 Å². The first kappa shape index (κ1) is 21.7. The monoisotopic (exact) mass is 463 g/mol. The summed E-state index contributed by atoms with van der Waals surface area (Å²) in [7, 11) is -3.73.